The Bertz CT molecular complexity index is 1000. The Balaban J connectivity index is 1.69. The van der Waals surface area contributed by atoms with Crippen LogP contribution in [0.15, 0.2) is 60.9 Å². The van der Waals surface area contributed by atoms with Crippen LogP contribution < -0.4 is 15.4 Å². The van der Waals surface area contributed by atoms with Crippen LogP contribution in [0.1, 0.15) is 33.3 Å². The molecular weight excluding hydrogens is 356 g/mol. The Kier molecular flexibility index (Phi) is 5.96. The fourth-order valence-electron chi connectivity index (χ4n) is 2.62. The molecule has 2 N–H and O–H groups in total. The van der Waals surface area contributed by atoms with E-state index in [1.807, 2.05) is 24.3 Å². The summed E-state index contributed by atoms with van der Waals surface area (Å²) in [6.45, 7) is 1.97. The van der Waals surface area contributed by atoms with Gasteiger partial charge in [-0.2, -0.15) is 0 Å². The molecule has 7 heteroatoms. The van der Waals surface area contributed by atoms with Gasteiger partial charge in [-0.25, -0.2) is 9.97 Å². The zero-order valence-corrected chi connectivity index (χ0v) is 15.6. The first-order valence-corrected chi connectivity index (χ1v) is 8.67. The lowest BCUT2D eigenvalue weighted by Gasteiger charge is -2.10. The standard InChI is InChI=1S/C21H20N4O3/c1-14(26)15-7-5-8-17(10-15)25-21(27)18-11-20(24-13-23-18)22-12-16-6-3-4-9-19(16)28-2/h3-11,13H,12H2,1-2H3,(H,25,27)(H,22,23,24). The normalized spacial score (nSPS) is 10.2. The lowest BCUT2D eigenvalue weighted by atomic mass is 10.1. The number of rotatable bonds is 7. The van der Waals surface area contributed by atoms with Crippen LogP contribution in [0, 0.1) is 0 Å². The van der Waals surface area contributed by atoms with Gasteiger partial charge < -0.3 is 15.4 Å². The fourth-order valence-corrected chi connectivity index (χ4v) is 2.62. The predicted octanol–water partition coefficient (Wildman–Crippen LogP) is 3.55. The van der Waals surface area contributed by atoms with Crippen molar-refractivity contribution in [3.63, 3.8) is 0 Å². The Morgan fingerprint density at radius 2 is 1.86 bits per heavy atom. The number of carbonyl (C=O) groups excluding carboxylic acids is 2. The van der Waals surface area contributed by atoms with Crippen LogP contribution >= 0.6 is 0 Å². The van der Waals surface area contributed by atoms with Crippen LogP contribution in [0.4, 0.5) is 11.5 Å². The van der Waals surface area contributed by atoms with E-state index < -0.39 is 0 Å². The van der Waals surface area contributed by atoms with Gasteiger partial charge in [0.05, 0.1) is 7.11 Å². The number of nitrogens with one attached hydrogen (secondary N) is 2. The number of hydrogen-bond donors (Lipinski definition) is 2. The van der Waals surface area contributed by atoms with Gasteiger partial charge in [-0.3, -0.25) is 9.59 Å². The summed E-state index contributed by atoms with van der Waals surface area (Å²) in [5.74, 6) is 0.834. The maximum atomic E-state index is 12.5. The minimum atomic E-state index is -0.386. The summed E-state index contributed by atoms with van der Waals surface area (Å²) in [5, 5.41) is 5.91. The summed E-state index contributed by atoms with van der Waals surface area (Å²) in [5.41, 5.74) is 2.24. The highest BCUT2D eigenvalue weighted by Crippen LogP contribution is 2.19. The molecule has 0 spiro atoms. The van der Waals surface area contributed by atoms with Crippen LogP contribution in [0.2, 0.25) is 0 Å². The summed E-state index contributed by atoms with van der Waals surface area (Å²) < 4.78 is 5.33. The number of amides is 1. The molecular formula is C21H20N4O3. The number of carbonyl (C=O) groups is 2. The molecule has 0 unspecified atom stereocenters. The Hall–Kier alpha value is -3.74. The lowest BCUT2D eigenvalue weighted by Crippen LogP contribution is -2.15. The van der Waals surface area contributed by atoms with E-state index >= 15 is 0 Å². The molecule has 0 aliphatic carbocycles. The SMILES string of the molecule is COc1ccccc1CNc1cc(C(=O)Nc2cccc(C(C)=O)c2)ncn1. The molecule has 7 nitrogen and oxygen atoms in total. The Labute approximate surface area is 162 Å². The highest BCUT2D eigenvalue weighted by Gasteiger charge is 2.11. The summed E-state index contributed by atoms with van der Waals surface area (Å²) in [7, 11) is 1.62. The minimum absolute atomic E-state index is 0.0686. The van der Waals surface area contributed by atoms with Crippen LogP contribution in [-0.2, 0) is 6.54 Å². The van der Waals surface area contributed by atoms with Gasteiger partial charge in [-0.05, 0) is 25.1 Å². The van der Waals surface area contributed by atoms with Crippen molar-refractivity contribution >= 4 is 23.2 Å². The number of benzene rings is 2. The van der Waals surface area contributed by atoms with E-state index in [1.165, 1.54) is 13.3 Å². The molecule has 0 atom stereocenters. The van der Waals surface area contributed by atoms with E-state index in [0.29, 0.717) is 23.6 Å². The molecule has 1 amide bonds. The first-order chi connectivity index (χ1) is 13.6. The van der Waals surface area contributed by atoms with Crippen LogP contribution in [-0.4, -0.2) is 28.8 Å². The monoisotopic (exact) mass is 376 g/mol. The van der Waals surface area contributed by atoms with Gasteiger partial charge in [0.25, 0.3) is 5.91 Å². The second-order valence-electron chi connectivity index (χ2n) is 6.05. The number of aromatic nitrogens is 2. The predicted molar refractivity (Wildman–Crippen MR) is 107 cm³/mol. The first-order valence-electron chi connectivity index (χ1n) is 8.67. The number of methoxy groups -OCH3 is 1. The Morgan fingerprint density at radius 3 is 2.64 bits per heavy atom. The van der Waals surface area contributed by atoms with Gasteiger partial charge in [0.15, 0.2) is 5.78 Å². The van der Waals surface area contributed by atoms with Crippen LogP contribution in [0.5, 0.6) is 5.75 Å². The number of Topliss-reactive ketones (excluding diaryl/α,β-unsaturated/α-hetero) is 1. The summed E-state index contributed by atoms with van der Waals surface area (Å²) >= 11 is 0. The van der Waals surface area contributed by atoms with Crippen molar-refractivity contribution in [2.75, 3.05) is 17.7 Å². The number of nitrogens with zero attached hydrogens (tertiary/aromatic N) is 2. The molecule has 0 aliphatic heterocycles. The maximum absolute atomic E-state index is 12.5. The number of hydrogen-bond acceptors (Lipinski definition) is 6. The molecule has 2 aromatic carbocycles. The highest BCUT2D eigenvalue weighted by molar-refractivity contribution is 6.04. The summed E-state index contributed by atoms with van der Waals surface area (Å²) in [4.78, 5) is 32.1. The number of ketones is 1. The lowest BCUT2D eigenvalue weighted by molar-refractivity contribution is 0.100. The molecule has 0 aliphatic rings. The molecule has 3 aromatic rings. The molecule has 0 fully saturated rings. The molecule has 0 saturated carbocycles. The molecule has 3 rings (SSSR count). The third-order valence-electron chi connectivity index (χ3n) is 4.08. The maximum Gasteiger partial charge on any atom is 0.274 e. The van der Waals surface area contributed by atoms with Gasteiger partial charge in [0.1, 0.15) is 23.6 Å². The third kappa shape index (κ3) is 4.70. The average Bonchev–Trinajstić information content (AvgIpc) is 2.72. The third-order valence-corrected chi connectivity index (χ3v) is 4.08. The van der Waals surface area contributed by atoms with Gasteiger partial charge in [-0.1, -0.05) is 30.3 Å². The molecule has 0 radical (unpaired) electrons. The van der Waals surface area contributed by atoms with Crippen LogP contribution in [0.3, 0.4) is 0 Å². The van der Waals surface area contributed by atoms with Gasteiger partial charge in [0, 0.05) is 29.4 Å². The van der Waals surface area contributed by atoms with Crippen molar-refractivity contribution in [1.29, 1.82) is 0 Å². The van der Waals surface area contributed by atoms with Crippen molar-refractivity contribution in [1.82, 2.24) is 9.97 Å². The Morgan fingerprint density at radius 1 is 1.04 bits per heavy atom. The quantitative estimate of drug-likeness (QED) is 0.613. The second-order valence-corrected chi connectivity index (χ2v) is 6.05. The smallest absolute Gasteiger partial charge is 0.274 e. The highest BCUT2D eigenvalue weighted by atomic mass is 16.5. The van der Waals surface area contributed by atoms with Gasteiger partial charge in [0.2, 0.25) is 0 Å². The van der Waals surface area contributed by atoms with E-state index in [1.54, 1.807) is 37.4 Å². The van der Waals surface area contributed by atoms with Crippen molar-refractivity contribution < 1.29 is 14.3 Å². The molecule has 28 heavy (non-hydrogen) atoms. The van der Waals surface area contributed by atoms with Gasteiger partial charge in [-0.15, -0.1) is 0 Å². The number of ether oxygens (including phenoxy) is 1. The fraction of sp³-hybridized carbons (Fsp3) is 0.143. The molecule has 0 bridgehead atoms. The van der Waals surface area contributed by atoms with E-state index in [2.05, 4.69) is 20.6 Å². The van der Waals surface area contributed by atoms with E-state index in [-0.39, 0.29) is 17.4 Å². The van der Waals surface area contributed by atoms with Crippen molar-refractivity contribution in [2.45, 2.75) is 13.5 Å². The van der Waals surface area contributed by atoms with E-state index in [9.17, 15) is 9.59 Å². The zero-order chi connectivity index (χ0) is 19.9. The first kappa shape index (κ1) is 19.0. The molecule has 142 valence electrons. The summed E-state index contributed by atoms with van der Waals surface area (Å²) in [6.07, 6.45) is 1.32. The average molecular weight is 376 g/mol. The second kappa shape index (κ2) is 8.77. The minimum Gasteiger partial charge on any atom is -0.496 e. The molecule has 1 heterocycles. The van der Waals surface area contributed by atoms with Crippen molar-refractivity contribution in [3.8, 4) is 5.75 Å². The van der Waals surface area contributed by atoms with Crippen molar-refractivity contribution in [2.24, 2.45) is 0 Å². The topological polar surface area (TPSA) is 93.2 Å². The number of anilines is 2. The molecule has 1 aromatic heterocycles. The summed E-state index contributed by atoms with van der Waals surface area (Å²) in [6, 6.07) is 16.0. The van der Waals surface area contributed by atoms with E-state index in [0.717, 1.165) is 11.3 Å². The van der Waals surface area contributed by atoms with E-state index in [4.69, 9.17) is 4.74 Å². The van der Waals surface area contributed by atoms with Crippen LogP contribution in [0.25, 0.3) is 0 Å². The largest absolute Gasteiger partial charge is 0.496 e. The van der Waals surface area contributed by atoms with Gasteiger partial charge >= 0.3 is 0 Å². The number of para-hydroxylation sites is 1. The van der Waals surface area contributed by atoms with Crippen molar-refractivity contribution in [3.05, 3.63) is 77.7 Å². The zero-order valence-electron chi connectivity index (χ0n) is 15.6. The molecule has 0 saturated heterocycles.